The second kappa shape index (κ2) is 8.12. The van der Waals surface area contributed by atoms with E-state index in [1.807, 2.05) is 60.7 Å². The molecular weight excluding hydrogens is 384 g/mol. The number of nitrogens with two attached hydrogens (primary N) is 1. The summed E-state index contributed by atoms with van der Waals surface area (Å²) in [6.45, 7) is 0. The van der Waals surface area contributed by atoms with Crippen molar-refractivity contribution in [2.24, 2.45) is 10.9 Å². The molecular formula is C23H17ClN4O. The van der Waals surface area contributed by atoms with Crippen molar-refractivity contribution in [2.75, 3.05) is 0 Å². The van der Waals surface area contributed by atoms with E-state index in [4.69, 9.17) is 27.4 Å². The first-order valence-corrected chi connectivity index (χ1v) is 9.30. The Morgan fingerprint density at radius 2 is 1.45 bits per heavy atom. The number of hydrogen-bond acceptors (Lipinski definition) is 5. The second-order valence-electron chi connectivity index (χ2n) is 6.36. The Kier molecular flexibility index (Phi) is 5.22. The number of nitrogens with zero attached hydrogens (tertiary/aromatic N) is 3. The Hall–Kier alpha value is -3.70. The van der Waals surface area contributed by atoms with Crippen molar-refractivity contribution in [3.05, 3.63) is 101 Å². The average Bonchev–Trinajstić information content (AvgIpc) is 2.76. The SMILES string of the molecule is N/N=C(\c1ccc(O)cc1)c1nc(-c2ccccc2)cc(-c2cccc(Cl)c2)n1. The van der Waals surface area contributed by atoms with Gasteiger partial charge in [-0.3, -0.25) is 0 Å². The highest BCUT2D eigenvalue weighted by Crippen LogP contribution is 2.26. The normalized spacial score (nSPS) is 11.4. The molecule has 4 rings (SSSR count). The highest BCUT2D eigenvalue weighted by atomic mass is 35.5. The molecule has 0 aliphatic rings. The minimum atomic E-state index is 0.156. The van der Waals surface area contributed by atoms with Gasteiger partial charge >= 0.3 is 0 Å². The molecule has 0 aliphatic heterocycles. The molecule has 0 fully saturated rings. The number of phenolic OH excluding ortho intramolecular Hbond substituents is 1. The van der Waals surface area contributed by atoms with Gasteiger partial charge in [0.25, 0.3) is 0 Å². The van der Waals surface area contributed by atoms with Crippen LogP contribution in [0.25, 0.3) is 22.5 Å². The first-order valence-electron chi connectivity index (χ1n) is 8.92. The number of phenols is 1. The van der Waals surface area contributed by atoms with Crippen molar-refractivity contribution >= 4 is 17.3 Å². The molecule has 6 heteroatoms. The van der Waals surface area contributed by atoms with Crippen LogP contribution in [0.3, 0.4) is 0 Å². The van der Waals surface area contributed by atoms with E-state index >= 15 is 0 Å². The summed E-state index contributed by atoms with van der Waals surface area (Å²) in [7, 11) is 0. The Morgan fingerprint density at radius 3 is 2.10 bits per heavy atom. The molecule has 5 nitrogen and oxygen atoms in total. The van der Waals surface area contributed by atoms with Gasteiger partial charge in [0, 0.05) is 21.7 Å². The molecule has 29 heavy (non-hydrogen) atoms. The molecule has 3 N–H and O–H groups in total. The van der Waals surface area contributed by atoms with Crippen LogP contribution in [0.1, 0.15) is 11.4 Å². The zero-order chi connectivity index (χ0) is 20.2. The summed E-state index contributed by atoms with van der Waals surface area (Å²) in [5.74, 6) is 6.24. The lowest BCUT2D eigenvalue weighted by Crippen LogP contribution is -2.12. The zero-order valence-corrected chi connectivity index (χ0v) is 16.1. The fourth-order valence-corrected chi connectivity index (χ4v) is 3.18. The maximum atomic E-state index is 9.58. The smallest absolute Gasteiger partial charge is 0.181 e. The van der Waals surface area contributed by atoms with Crippen molar-refractivity contribution < 1.29 is 5.11 Å². The van der Waals surface area contributed by atoms with Crippen molar-refractivity contribution in [3.8, 4) is 28.3 Å². The highest BCUT2D eigenvalue weighted by molar-refractivity contribution is 6.30. The van der Waals surface area contributed by atoms with Gasteiger partial charge in [-0.15, -0.1) is 0 Å². The summed E-state index contributed by atoms with van der Waals surface area (Å²) in [4.78, 5) is 9.40. The van der Waals surface area contributed by atoms with Gasteiger partial charge in [-0.25, -0.2) is 9.97 Å². The number of hydrogen-bond donors (Lipinski definition) is 2. The van der Waals surface area contributed by atoms with Gasteiger partial charge in [-0.1, -0.05) is 54.1 Å². The van der Waals surface area contributed by atoms with Crippen molar-refractivity contribution in [1.82, 2.24) is 9.97 Å². The van der Waals surface area contributed by atoms with Crippen LogP contribution in [0, 0.1) is 0 Å². The van der Waals surface area contributed by atoms with E-state index in [0.717, 1.165) is 16.8 Å². The molecule has 1 heterocycles. The first kappa shape index (κ1) is 18.7. The average molecular weight is 401 g/mol. The molecule has 0 radical (unpaired) electrons. The third kappa shape index (κ3) is 4.10. The van der Waals surface area contributed by atoms with Crippen LogP contribution in [0.15, 0.2) is 90.0 Å². The van der Waals surface area contributed by atoms with Gasteiger partial charge in [0.2, 0.25) is 0 Å². The predicted molar refractivity (Wildman–Crippen MR) is 116 cm³/mol. The fraction of sp³-hybridized carbons (Fsp3) is 0. The van der Waals surface area contributed by atoms with E-state index in [9.17, 15) is 5.11 Å². The van der Waals surface area contributed by atoms with Gasteiger partial charge < -0.3 is 10.9 Å². The lowest BCUT2D eigenvalue weighted by molar-refractivity contribution is 0.475. The number of rotatable bonds is 4. The summed E-state index contributed by atoms with van der Waals surface area (Å²) in [6, 6.07) is 25.8. The molecule has 142 valence electrons. The van der Waals surface area contributed by atoms with Gasteiger partial charge in [0.15, 0.2) is 5.82 Å². The van der Waals surface area contributed by atoms with Crippen LogP contribution in [0.4, 0.5) is 0 Å². The van der Waals surface area contributed by atoms with E-state index in [0.29, 0.717) is 27.8 Å². The minimum absolute atomic E-state index is 0.156. The van der Waals surface area contributed by atoms with Crippen LogP contribution in [-0.2, 0) is 0 Å². The van der Waals surface area contributed by atoms with Gasteiger partial charge in [-0.2, -0.15) is 5.10 Å². The van der Waals surface area contributed by atoms with Crippen molar-refractivity contribution in [2.45, 2.75) is 0 Å². The molecule has 0 unspecified atom stereocenters. The molecule has 0 saturated heterocycles. The maximum Gasteiger partial charge on any atom is 0.181 e. The van der Waals surface area contributed by atoms with Crippen LogP contribution in [0.2, 0.25) is 5.02 Å². The quantitative estimate of drug-likeness (QED) is 0.290. The number of aromatic nitrogens is 2. The van der Waals surface area contributed by atoms with Crippen LogP contribution < -0.4 is 5.84 Å². The largest absolute Gasteiger partial charge is 0.508 e. The summed E-state index contributed by atoms with van der Waals surface area (Å²) in [6.07, 6.45) is 0. The molecule has 0 amide bonds. The summed E-state index contributed by atoms with van der Waals surface area (Å²) in [5, 5.41) is 14.1. The first-order chi connectivity index (χ1) is 14.1. The molecule has 0 aliphatic carbocycles. The lowest BCUT2D eigenvalue weighted by Gasteiger charge is -2.11. The summed E-state index contributed by atoms with van der Waals surface area (Å²) in [5.41, 5.74) is 4.38. The maximum absolute atomic E-state index is 9.58. The molecule has 0 atom stereocenters. The van der Waals surface area contributed by atoms with E-state index in [1.165, 1.54) is 0 Å². The molecule has 1 aromatic heterocycles. The highest BCUT2D eigenvalue weighted by Gasteiger charge is 2.15. The third-order valence-electron chi connectivity index (χ3n) is 4.40. The topological polar surface area (TPSA) is 84.4 Å². The standard InChI is InChI=1S/C23H17ClN4O/c24-18-8-4-7-17(13-18)21-14-20(15-5-2-1-3-6-15)26-23(27-21)22(28-25)16-9-11-19(29)12-10-16/h1-14,29H,25H2/b28-22+. The molecule has 0 saturated carbocycles. The van der Waals surface area contributed by atoms with Gasteiger partial charge in [0.1, 0.15) is 11.5 Å². The third-order valence-corrected chi connectivity index (χ3v) is 4.63. The Balaban J connectivity index is 1.91. The summed E-state index contributed by atoms with van der Waals surface area (Å²) < 4.78 is 0. The second-order valence-corrected chi connectivity index (χ2v) is 6.80. The number of halogens is 1. The lowest BCUT2D eigenvalue weighted by atomic mass is 10.1. The Morgan fingerprint density at radius 1 is 0.793 bits per heavy atom. The predicted octanol–water partition coefficient (Wildman–Crippen LogP) is 4.88. The Bertz CT molecular complexity index is 1180. The Labute approximate surface area is 173 Å². The van der Waals surface area contributed by atoms with Crippen LogP contribution >= 0.6 is 11.6 Å². The molecule has 0 spiro atoms. The molecule has 0 bridgehead atoms. The van der Waals surface area contributed by atoms with E-state index in [-0.39, 0.29) is 5.75 Å². The van der Waals surface area contributed by atoms with E-state index in [2.05, 4.69) is 5.10 Å². The minimum Gasteiger partial charge on any atom is -0.508 e. The van der Waals surface area contributed by atoms with Crippen LogP contribution in [0.5, 0.6) is 5.75 Å². The van der Waals surface area contributed by atoms with Crippen molar-refractivity contribution in [3.63, 3.8) is 0 Å². The molecule has 4 aromatic rings. The zero-order valence-electron chi connectivity index (χ0n) is 15.3. The molecule has 3 aromatic carbocycles. The number of benzene rings is 3. The fourth-order valence-electron chi connectivity index (χ4n) is 2.99. The van der Waals surface area contributed by atoms with Gasteiger partial charge in [-0.05, 0) is 42.5 Å². The number of hydrazone groups is 1. The van der Waals surface area contributed by atoms with Gasteiger partial charge in [0.05, 0.1) is 11.4 Å². The van der Waals surface area contributed by atoms with Crippen molar-refractivity contribution in [1.29, 1.82) is 0 Å². The van der Waals surface area contributed by atoms with E-state index in [1.54, 1.807) is 24.3 Å². The monoisotopic (exact) mass is 400 g/mol. The number of aromatic hydroxyl groups is 1. The van der Waals surface area contributed by atoms with Crippen LogP contribution in [-0.4, -0.2) is 20.8 Å². The summed E-state index contributed by atoms with van der Waals surface area (Å²) >= 11 is 6.18. The van der Waals surface area contributed by atoms with E-state index < -0.39 is 0 Å².